The number of carbonyl (C=O) groups excluding carboxylic acids is 1. The number of aromatic nitrogens is 2. The summed E-state index contributed by atoms with van der Waals surface area (Å²) < 4.78 is 12.1. The van der Waals surface area contributed by atoms with Gasteiger partial charge in [0.05, 0.1) is 25.5 Å². The van der Waals surface area contributed by atoms with Gasteiger partial charge < -0.3 is 19.1 Å². The van der Waals surface area contributed by atoms with Gasteiger partial charge in [-0.2, -0.15) is 0 Å². The molecular formula is C27H28N4O4. The highest BCUT2D eigenvalue weighted by molar-refractivity contribution is 5.94. The predicted molar refractivity (Wildman–Crippen MR) is 134 cm³/mol. The van der Waals surface area contributed by atoms with Crippen molar-refractivity contribution in [1.29, 1.82) is 0 Å². The maximum absolute atomic E-state index is 13.1. The molecule has 8 heteroatoms. The monoisotopic (exact) mass is 472 g/mol. The molecule has 3 heterocycles. The number of fused-ring (bicyclic) bond motifs is 1. The normalized spacial score (nSPS) is 14.3. The number of nitrogens with one attached hydrogen (secondary N) is 1. The van der Waals surface area contributed by atoms with E-state index < -0.39 is 0 Å². The molecule has 35 heavy (non-hydrogen) atoms. The van der Waals surface area contributed by atoms with Gasteiger partial charge >= 0.3 is 0 Å². The summed E-state index contributed by atoms with van der Waals surface area (Å²) >= 11 is 0. The van der Waals surface area contributed by atoms with Crippen molar-refractivity contribution in [3.05, 3.63) is 88.2 Å². The average molecular weight is 473 g/mol. The lowest BCUT2D eigenvalue weighted by atomic mass is 10.0. The SMILES string of the molecule is Cc1nocc1-c1ccc2c(=O)n(Cc3cccc(C(=O)NCCN4CCOCC4)c3)ccc2c1. The standard InChI is InChI=1S/C27H28N4O4/c1-19-25(18-35-29-19)21-5-6-24-22(16-21)7-9-31(27(24)33)17-20-3-2-4-23(15-20)26(32)28-8-10-30-11-13-34-14-12-30/h2-7,9,15-16,18H,8,10-14,17H2,1H3,(H,28,32). The Morgan fingerprint density at radius 2 is 1.97 bits per heavy atom. The van der Waals surface area contributed by atoms with E-state index in [1.807, 2.05) is 49.4 Å². The van der Waals surface area contributed by atoms with Crippen LogP contribution in [-0.2, 0) is 11.3 Å². The van der Waals surface area contributed by atoms with Crippen LogP contribution in [0.5, 0.6) is 0 Å². The minimum absolute atomic E-state index is 0.0727. The number of aryl methyl sites for hydroxylation is 1. The molecule has 1 amide bonds. The fourth-order valence-corrected chi connectivity index (χ4v) is 4.41. The first kappa shape index (κ1) is 23.0. The van der Waals surface area contributed by atoms with Gasteiger partial charge in [0.2, 0.25) is 0 Å². The molecule has 1 aliphatic heterocycles. The number of nitrogens with zero attached hydrogens (tertiary/aromatic N) is 3. The van der Waals surface area contributed by atoms with Crippen LogP contribution in [0.4, 0.5) is 0 Å². The fraction of sp³-hybridized carbons (Fsp3) is 0.296. The number of ether oxygens (including phenoxy) is 1. The van der Waals surface area contributed by atoms with Crippen molar-refractivity contribution in [3.63, 3.8) is 0 Å². The lowest BCUT2D eigenvalue weighted by Gasteiger charge is -2.26. The minimum Gasteiger partial charge on any atom is -0.379 e. The third kappa shape index (κ3) is 5.18. The van der Waals surface area contributed by atoms with Gasteiger partial charge in [-0.05, 0) is 53.8 Å². The molecule has 1 aliphatic rings. The third-order valence-electron chi connectivity index (χ3n) is 6.40. The maximum Gasteiger partial charge on any atom is 0.258 e. The molecule has 0 aliphatic carbocycles. The largest absolute Gasteiger partial charge is 0.379 e. The zero-order valence-electron chi connectivity index (χ0n) is 19.7. The van der Waals surface area contributed by atoms with Gasteiger partial charge in [0.25, 0.3) is 11.5 Å². The lowest BCUT2D eigenvalue weighted by Crippen LogP contribution is -2.41. The van der Waals surface area contributed by atoms with Gasteiger partial charge in [-0.25, -0.2) is 0 Å². The summed E-state index contributed by atoms with van der Waals surface area (Å²) in [5.41, 5.74) is 4.09. The molecule has 1 N–H and O–H groups in total. The van der Waals surface area contributed by atoms with Gasteiger partial charge in [-0.3, -0.25) is 14.5 Å². The van der Waals surface area contributed by atoms with Crippen molar-refractivity contribution in [2.45, 2.75) is 13.5 Å². The van der Waals surface area contributed by atoms with Crippen molar-refractivity contribution in [2.24, 2.45) is 0 Å². The predicted octanol–water partition coefficient (Wildman–Crippen LogP) is 3.08. The van der Waals surface area contributed by atoms with Crippen LogP contribution in [0.25, 0.3) is 21.9 Å². The van der Waals surface area contributed by atoms with E-state index in [1.165, 1.54) is 0 Å². The minimum atomic E-state index is -0.109. The number of morpholine rings is 1. The molecule has 180 valence electrons. The molecule has 0 saturated carbocycles. The fourth-order valence-electron chi connectivity index (χ4n) is 4.41. The Morgan fingerprint density at radius 3 is 2.77 bits per heavy atom. The van der Waals surface area contributed by atoms with E-state index in [-0.39, 0.29) is 11.5 Å². The van der Waals surface area contributed by atoms with E-state index in [0.717, 1.165) is 60.6 Å². The van der Waals surface area contributed by atoms with Crippen LogP contribution < -0.4 is 10.9 Å². The highest BCUT2D eigenvalue weighted by Gasteiger charge is 2.12. The van der Waals surface area contributed by atoms with Crippen molar-refractivity contribution >= 4 is 16.7 Å². The van der Waals surface area contributed by atoms with Gasteiger partial charge in [-0.1, -0.05) is 23.4 Å². The van der Waals surface area contributed by atoms with Gasteiger partial charge in [0.1, 0.15) is 6.26 Å². The molecule has 0 radical (unpaired) electrons. The van der Waals surface area contributed by atoms with E-state index in [4.69, 9.17) is 9.26 Å². The number of hydrogen-bond donors (Lipinski definition) is 1. The Bertz CT molecular complexity index is 1400. The van der Waals surface area contributed by atoms with Gasteiger partial charge in [0, 0.05) is 48.9 Å². The third-order valence-corrected chi connectivity index (χ3v) is 6.40. The second-order valence-corrected chi connectivity index (χ2v) is 8.77. The summed E-state index contributed by atoms with van der Waals surface area (Å²) in [6, 6.07) is 15.1. The zero-order chi connectivity index (χ0) is 24.2. The van der Waals surface area contributed by atoms with Crippen LogP contribution in [-0.4, -0.2) is 59.9 Å². The van der Waals surface area contributed by atoms with Crippen LogP contribution >= 0.6 is 0 Å². The van der Waals surface area contributed by atoms with Crippen LogP contribution in [0.2, 0.25) is 0 Å². The van der Waals surface area contributed by atoms with Gasteiger partial charge in [-0.15, -0.1) is 0 Å². The van der Waals surface area contributed by atoms with E-state index in [9.17, 15) is 9.59 Å². The van der Waals surface area contributed by atoms with Crippen molar-refractivity contribution in [2.75, 3.05) is 39.4 Å². The molecule has 0 spiro atoms. The average Bonchev–Trinajstić information content (AvgIpc) is 3.32. The van der Waals surface area contributed by atoms with E-state index in [1.54, 1.807) is 23.1 Å². The Hall–Kier alpha value is -3.75. The number of carbonyl (C=O) groups is 1. The summed E-state index contributed by atoms with van der Waals surface area (Å²) in [4.78, 5) is 28.1. The topological polar surface area (TPSA) is 89.6 Å². The molecule has 4 aromatic rings. The van der Waals surface area contributed by atoms with E-state index in [2.05, 4.69) is 15.4 Å². The number of benzene rings is 2. The molecule has 5 rings (SSSR count). The van der Waals surface area contributed by atoms with Crippen molar-refractivity contribution < 1.29 is 14.1 Å². The van der Waals surface area contributed by atoms with Crippen LogP contribution in [0, 0.1) is 6.92 Å². The smallest absolute Gasteiger partial charge is 0.258 e. The molecular weight excluding hydrogens is 444 g/mol. The van der Waals surface area contributed by atoms with E-state index in [0.29, 0.717) is 24.0 Å². The first-order valence-corrected chi connectivity index (χ1v) is 11.8. The highest BCUT2D eigenvalue weighted by Crippen LogP contribution is 2.25. The summed E-state index contributed by atoms with van der Waals surface area (Å²) in [6.45, 7) is 6.94. The number of pyridine rings is 1. The Balaban J connectivity index is 1.28. The number of rotatable bonds is 7. The maximum atomic E-state index is 13.1. The molecule has 1 saturated heterocycles. The molecule has 2 aromatic carbocycles. The van der Waals surface area contributed by atoms with Crippen molar-refractivity contribution in [1.82, 2.24) is 19.9 Å². The van der Waals surface area contributed by atoms with Gasteiger partial charge in [0.15, 0.2) is 0 Å². The summed E-state index contributed by atoms with van der Waals surface area (Å²) in [5.74, 6) is -0.109. The summed E-state index contributed by atoms with van der Waals surface area (Å²) in [6.07, 6.45) is 3.41. The molecule has 0 atom stereocenters. The zero-order valence-corrected chi connectivity index (χ0v) is 19.7. The lowest BCUT2D eigenvalue weighted by molar-refractivity contribution is 0.0383. The highest BCUT2D eigenvalue weighted by atomic mass is 16.5. The first-order valence-electron chi connectivity index (χ1n) is 11.8. The Kier molecular flexibility index (Phi) is 6.74. The molecule has 2 aromatic heterocycles. The molecule has 0 bridgehead atoms. The molecule has 0 unspecified atom stereocenters. The van der Waals surface area contributed by atoms with Crippen LogP contribution in [0.15, 0.2) is 70.3 Å². The molecule has 8 nitrogen and oxygen atoms in total. The van der Waals surface area contributed by atoms with Crippen LogP contribution in [0.3, 0.4) is 0 Å². The van der Waals surface area contributed by atoms with Crippen molar-refractivity contribution in [3.8, 4) is 11.1 Å². The van der Waals surface area contributed by atoms with Crippen LogP contribution in [0.1, 0.15) is 21.6 Å². The summed E-state index contributed by atoms with van der Waals surface area (Å²) in [7, 11) is 0. The Morgan fingerprint density at radius 1 is 1.11 bits per heavy atom. The van der Waals surface area contributed by atoms with E-state index >= 15 is 0 Å². The quantitative estimate of drug-likeness (QED) is 0.445. The number of amides is 1. The molecule has 1 fully saturated rings. The number of hydrogen-bond acceptors (Lipinski definition) is 6. The Labute approximate surface area is 203 Å². The first-order chi connectivity index (χ1) is 17.1. The second-order valence-electron chi connectivity index (χ2n) is 8.77. The summed E-state index contributed by atoms with van der Waals surface area (Å²) in [5, 5.41) is 8.43. The second kappa shape index (κ2) is 10.2.